The van der Waals surface area contributed by atoms with Crippen LogP contribution < -0.4 is 10.6 Å². The Morgan fingerprint density at radius 1 is 1.16 bits per heavy atom. The first-order chi connectivity index (χ1) is 12.1. The van der Waals surface area contributed by atoms with Gasteiger partial charge in [0.1, 0.15) is 11.9 Å². The Balaban J connectivity index is 1.61. The standard InChI is InChI=1S/C19H26FN3O2/c20-15-6-8-16(9-7-15)22-19(25)17-13-21-10-11-23(17)18(24)12-14-4-2-1-3-5-14/h6-9,14,17,21H,1-5,10-13H2,(H,22,25)/t17-/m0/s1. The number of piperazine rings is 1. The van der Waals surface area contributed by atoms with Gasteiger partial charge in [0.25, 0.3) is 0 Å². The van der Waals surface area contributed by atoms with Crippen LogP contribution in [0.5, 0.6) is 0 Å². The molecule has 6 heteroatoms. The first-order valence-corrected chi connectivity index (χ1v) is 9.20. The molecule has 1 aromatic carbocycles. The number of rotatable bonds is 4. The van der Waals surface area contributed by atoms with E-state index in [9.17, 15) is 14.0 Å². The Kier molecular flexibility index (Phi) is 6.02. The minimum Gasteiger partial charge on any atom is -0.328 e. The Labute approximate surface area is 148 Å². The number of hydrogen-bond acceptors (Lipinski definition) is 3. The zero-order chi connectivity index (χ0) is 17.6. The molecule has 1 heterocycles. The van der Waals surface area contributed by atoms with Crippen LogP contribution in [0.25, 0.3) is 0 Å². The Morgan fingerprint density at radius 2 is 1.88 bits per heavy atom. The molecule has 0 aromatic heterocycles. The van der Waals surface area contributed by atoms with Crippen molar-refractivity contribution in [1.29, 1.82) is 0 Å². The number of nitrogens with zero attached hydrogens (tertiary/aromatic N) is 1. The number of carbonyl (C=O) groups excluding carboxylic acids is 2. The van der Waals surface area contributed by atoms with Gasteiger partial charge >= 0.3 is 0 Å². The Bertz CT molecular complexity index is 599. The quantitative estimate of drug-likeness (QED) is 0.880. The molecule has 3 rings (SSSR count). The number of benzene rings is 1. The molecule has 0 bridgehead atoms. The van der Waals surface area contributed by atoms with Gasteiger partial charge in [-0.25, -0.2) is 4.39 Å². The molecule has 1 saturated carbocycles. The van der Waals surface area contributed by atoms with Crippen molar-refractivity contribution >= 4 is 17.5 Å². The highest BCUT2D eigenvalue weighted by atomic mass is 19.1. The molecule has 25 heavy (non-hydrogen) atoms. The summed E-state index contributed by atoms with van der Waals surface area (Å²) < 4.78 is 13.0. The van der Waals surface area contributed by atoms with Crippen molar-refractivity contribution < 1.29 is 14.0 Å². The fourth-order valence-corrected chi connectivity index (χ4v) is 3.75. The second kappa shape index (κ2) is 8.43. The predicted molar refractivity (Wildman–Crippen MR) is 94.6 cm³/mol. The molecule has 2 fully saturated rings. The maximum atomic E-state index is 13.0. The van der Waals surface area contributed by atoms with Crippen LogP contribution in [0.4, 0.5) is 10.1 Å². The molecular weight excluding hydrogens is 321 g/mol. The van der Waals surface area contributed by atoms with Gasteiger partial charge in [-0.3, -0.25) is 9.59 Å². The SMILES string of the molecule is O=C(Nc1ccc(F)cc1)[C@@H]1CNCCN1C(=O)CC1CCCCC1. The van der Waals surface area contributed by atoms with E-state index in [1.807, 2.05) is 0 Å². The summed E-state index contributed by atoms with van der Waals surface area (Å²) in [6.45, 7) is 1.70. The number of amides is 2. The fraction of sp³-hybridized carbons (Fsp3) is 0.579. The summed E-state index contributed by atoms with van der Waals surface area (Å²) in [7, 11) is 0. The lowest BCUT2D eigenvalue weighted by molar-refractivity contribution is -0.140. The largest absolute Gasteiger partial charge is 0.328 e. The smallest absolute Gasteiger partial charge is 0.248 e. The number of nitrogens with one attached hydrogen (secondary N) is 2. The van der Waals surface area contributed by atoms with Crippen LogP contribution in [0.2, 0.25) is 0 Å². The van der Waals surface area contributed by atoms with Crippen molar-refractivity contribution in [1.82, 2.24) is 10.2 Å². The maximum Gasteiger partial charge on any atom is 0.248 e. The normalized spacial score (nSPS) is 21.8. The molecule has 2 N–H and O–H groups in total. The van der Waals surface area contributed by atoms with E-state index in [1.165, 1.54) is 43.5 Å². The lowest BCUT2D eigenvalue weighted by atomic mass is 9.86. The van der Waals surface area contributed by atoms with Gasteiger partial charge in [-0.1, -0.05) is 19.3 Å². The molecule has 5 nitrogen and oxygen atoms in total. The van der Waals surface area contributed by atoms with Crippen LogP contribution in [0.15, 0.2) is 24.3 Å². The van der Waals surface area contributed by atoms with Crippen molar-refractivity contribution in [2.75, 3.05) is 25.0 Å². The van der Waals surface area contributed by atoms with Gasteiger partial charge in [0.15, 0.2) is 0 Å². The molecule has 1 atom stereocenters. The van der Waals surface area contributed by atoms with E-state index in [1.54, 1.807) is 4.90 Å². The van der Waals surface area contributed by atoms with E-state index < -0.39 is 6.04 Å². The van der Waals surface area contributed by atoms with Gasteiger partial charge in [0, 0.05) is 31.7 Å². The summed E-state index contributed by atoms with van der Waals surface area (Å²) >= 11 is 0. The topological polar surface area (TPSA) is 61.4 Å². The molecule has 0 spiro atoms. The minimum absolute atomic E-state index is 0.0765. The number of hydrogen-bond donors (Lipinski definition) is 2. The average molecular weight is 347 g/mol. The lowest BCUT2D eigenvalue weighted by Gasteiger charge is -2.36. The molecule has 1 aliphatic carbocycles. The average Bonchev–Trinajstić information content (AvgIpc) is 2.64. The monoisotopic (exact) mass is 347 g/mol. The summed E-state index contributed by atoms with van der Waals surface area (Å²) in [5, 5.41) is 5.97. The van der Waals surface area contributed by atoms with E-state index >= 15 is 0 Å². The van der Waals surface area contributed by atoms with Crippen LogP contribution in [0.1, 0.15) is 38.5 Å². The summed E-state index contributed by atoms with van der Waals surface area (Å²) in [5.41, 5.74) is 0.539. The summed E-state index contributed by atoms with van der Waals surface area (Å²) in [5.74, 6) is -0.0398. The molecule has 1 aromatic rings. The molecule has 136 valence electrons. The van der Waals surface area contributed by atoms with Crippen molar-refractivity contribution in [3.8, 4) is 0 Å². The number of halogens is 1. The Hall–Kier alpha value is -1.95. The highest BCUT2D eigenvalue weighted by Gasteiger charge is 2.33. The van der Waals surface area contributed by atoms with Crippen molar-refractivity contribution in [2.24, 2.45) is 5.92 Å². The molecule has 1 aliphatic heterocycles. The third kappa shape index (κ3) is 4.78. The van der Waals surface area contributed by atoms with Crippen molar-refractivity contribution in [3.63, 3.8) is 0 Å². The van der Waals surface area contributed by atoms with Gasteiger partial charge in [0.05, 0.1) is 0 Å². The van der Waals surface area contributed by atoms with Crippen LogP contribution in [-0.4, -0.2) is 42.4 Å². The molecular formula is C19H26FN3O2. The third-order valence-electron chi connectivity index (χ3n) is 5.17. The molecule has 2 amide bonds. The number of carbonyl (C=O) groups is 2. The van der Waals surface area contributed by atoms with E-state index in [2.05, 4.69) is 10.6 Å². The minimum atomic E-state index is -0.519. The van der Waals surface area contributed by atoms with Gasteiger partial charge in [-0.2, -0.15) is 0 Å². The highest BCUT2D eigenvalue weighted by Crippen LogP contribution is 2.27. The van der Waals surface area contributed by atoms with Crippen LogP contribution in [0.3, 0.4) is 0 Å². The zero-order valence-corrected chi connectivity index (χ0v) is 14.5. The first-order valence-electron chi connectivity index (χ1n) is 9.20. The Morgan fingerprint density at radius 3 is 2.60 bits per heavy atom. The summed E-state index contributed by atoms with van der Waals surface area (Å²) in [6, 6.07) is 5.14. The summed E-state index contributed by atoms with van der Waals surface area (Å²) in [6.07, 6.45) is 6.44. The lowest BCUT2D eigenvalue weighted by Crippen LogP contribution is -2.58. The second-order valence-electron chi connectivity index (χ2n) is 7.01. The highest BCUT2D eigenvalue weighted by molar-refractivity contribution is 5.97. The van der Waals surface area contributed by atoms with E-state index in [0.29, 0.717) is 37.7 Å². The molecule has 0 unspecified atom stereocenters. The van der Waals surface area contributed by atoms with Crippen molar-refractivity contribution in [2.45, 2.75) is 44.6 Å². The van der Waals surface area contributed by atoms with Crippen LogP contribution in [-0.2, 0) is 9.59 Å². The van der Waals surface area contributed by atoms with E-state index in [0.717, 1.165) is 12.8 Å². The summed E-state index contributed by atoms with van der Waals surface area (Å²) in [4.78, 5) is 27.1. The van der Waals surface area contributed by atoms with Gasteiger partial charge in [-0.15, -0.1) is 0 Å². The van der Waals surface area contributed by atoms with Crippen LogP contribution in [0, 0.1) is 11.7 Å². The predicted octanol–water partition coefficient (Wildman–Crippen LogP) is 2.54. The number of anilines is 1. The van der Waals surface area contributed by atoms with Gasteiger partial charge < -0.3 is 15.5 Å². The van der Waals surface area contributed by atoms with E-state index in [4.69, 9.17) is 0 Å². The van der Waals surface area contributed by atoms with Crippen LogP contribution >= 0.6 is 0 Å². The van der Waals surface area contributed by atoms with E-state index in [-0.39, 0.29) is 17.6 Å². The molecule has 2 aliphatic rings. The maximum absolute atomic E-state index is 13.0. The van der Waals surface area contributed by atoms with Gasteiger partial charge in [0.2, 0.25) is 11.8 Å². The first kappa shape index (κ1) is 17.9. The fourth-order valence-electron chi connectivity index (χ4n) is 3.75. The molecule has 0 radical (unpaired) electrons. The third-order valence-corrected chi connectivity index (χ3v) is 5.17. The zero-order valence-electron chi connectivity index (χ0n) is 14.5. The van der Waals surface area contributed by atoms with Gasteiger partial charge in [-0.05, 0) is 43.0 Å². The second-order valence-corrected chi connectivity index (χ2v) is 7.01. The molecule has 1 saturated heterocycles. The van der Waals surface area contributed by atoms with Crippen molar-refractivity contribution in [3.05, 3.63) is 30.1 Å².